The van der Waals surface area contributed by atoms with Crippen LogP contribution in [0.3, 0.4) is 0 Å². The Kier molecular flexibility index (Phi) is 5.68. The van der Waals surface area contributed by atoms with Crippen LogP contribution in [0.15, 0.2) is 24.3 Å². The van der Waals surface area contributed by atoms with Crippen molar-refractivity contribution < 1.29 is 9.47 Å². The smallest absolute Gasteiger partial charge is 0.119 e. The summed E-state index contributed by atoms with van der Waals surface area (Å²) < 4.78 is 11.0. The third kappa shape index (κ3) is 5.02. The maximum absolute atomic E-state index is 5.69. The van der Waals surface area contributed by atoms with Crippen LogP contribution in [0.2, 0.25) is 0 Å². The van der Waals surface area contributed by atoms with Crippen molar-refractivity contribution in [1.29, 1.82) is 0 Å². The van der Waals surface area contributed by atoms with Gasteiger partial charge in [0.1, 0.15) is 12.4 Å². The van der Waals surface area contributed by atoms with E-state index in [4.69, 9.17) is 9.47 Å². The highest BCUT2D eigenvalue weighted by Gasteiger charge is 2.30. The van der Waals surface area contributed by atoms with E-state index in [1.54, 1.807) is 7.11 Å². The largest absolute Gasteiger partial charge is 0.492 e. The van der Waals surface area contributed by atoms with Crippen LogP contribution < -0.4 is 10.1 Å². The molecule has 0 amide bonds. The standard InChI is InChI=1S/C16H26N2O2/c1-18(2)10-11-20-15-8-6-14(7-9-15)17-16(12-19-3)13-4-5-13/h6-9,13,16-17H,4-5,10-12H2,1-3H3. The highest BCUT2D eigenvalue weighted by atomic mass is 16.5. The molecule has 0 aromatic heterocycles. The van der Waals surface area contributed by atoms with E-state index in [2.05, 4.69) is 22.3 Å². The van der Waals surface area contributed by atoms with Crippen molar-refractivity contribution in [2.75, 3.05) is 46.3 Å². The molecule has 1 saturated carbocycles. The zero-order valence-electron chi connectivity index (χ0n) is 12.8. The molecule has 1 N–H and O–H groups in total. The van der Waals surface area contributed by atoms with Gasteiger partial charge in [-0.3, -0.25) is 0 Å². The van der Waals surface area contributed by atoms with Crippen LogP contribution in [-0.2, 0) is 4.74 Å². The van der Waals surface area contributed by atoms with E-state index in [0.717, 1.165) is 30.5 Å². The molecule has 1 aliphatic rings. The van der Waals surface area contributed by atoms with Gasteiger partial charge >= 0.3 is 0 Å². The SMILES string of the molecule is COCC(Nc1ccc(OCCN(C)C)cc1)C1CC1. The third-order valence-corrected chi connectivity index (χ3v) is 3.55. The Bertz CT molecular complexity index is 388. The van der Waals surface area contributed by atoms with E-state index in [0.29, 0.717) is 12.6 Å². The van der Waals surface area contributed by atoms with E-state index < -0.39 is 0 Å². The van der Waals surface area contributed by atoms with Gasteiger partial charge < -0.3 is 19.7 Å². The Morgan fingerprint density at radius 2 is 1.95 bits per heavy atom. The summed E-state index contributed by atoms with van der Waals surface area (Å²) in [6.45, 7) is 2.41. The van der Waals surface area contributed by atoms with Gasteiger partial charge in [0.25, 0.3) is 0 Å². The lowest BCUT2D eigenvalue weighted by atomic mass is 10.2. The third-order valence-electron chi connectivity index (χ3n) is 3.55. The predicted octanol–water partition coefficient (Wildman–Crippen LogP) is 2.46. The summed E-state index contributed by atoms with van der Waals surface area (Å²) in [5.41, 5.74) is 1.14. The fraction of sp³-hybridized carbons (Fsp3) is 0.625. The minimum absolute atomic E-state index is 0.431. The molecular formula is C16H26N2O2. The van der Waals surface area contributed by atoms with Gasteiger partial charge in [-0.2, -0.15) is 0 Å². The Hall–Kier alpha value is -1.26. The van der Waals surface area contributed by atoms with Crippen molar-refractivity contribution in [2.45, 2.75) is 18.9 Å². The molecule has 1 aromatic carbocycles. The summed E-state index contributed by atoms with van der Waals surface area (Å²) in [6.07, 6.45) is 2.62. The van der Waals surface area contributed by atoms with Crippen LogP contribution in [0.25, 0.3) is 0 Å². The van der Waals surface area contributed by atoms with E-state index in [9.17, 15) is 0 Å². The fourth-order valence-corrected chi connectivity index (χ4v) is 2.18. The Labute approximate surface area is 122 Å². The molecule has 1 aromatic rings. The molecule has 112 valence electrons. The second-order valence-electron chi connectivity index (χ2n) is 5.72. The van der Waals surface area contributed by atoms with Gasteiger partial charge in [0, 0.05) is 19.3 Å². The second kappa shape index (κ2) is 7.50. The first-order valence-corrected chi connectivity index (χ1v) is 7.32. The first kappa shape index (κ1) is 15.1. The monoisotopic (exact) mass is 278 g/mol. The summed E-state index contributed by atoms with van der Waals surface area (Å²) in [4.78, 5) is 2.11. The van der Waals surface area contributed by atoms with Gasteiger partial charge in [-0.15, -0.1) is 0 Å². The average Bonchev–Trinajstić information content (AvgIpc) is 3.24. The number of benzene rings is 1. The Balaban J connectivity index is 1.81. The van der Waals surface area contributed by atoms with Crippen LogP contribution in [0.4, 0.5) is 5.69 Å². The number of methoxy groups -OCH3 is 1. The van der Waals surface area contributed by atoms with Crippen molar-refractivity contribution >= 4 is 5.69 Å². The summed E-state index contributed by atoms with van der Waals surface area (Å²) in [7, 11) is 5.85. The van der Waals surface area contributed by atoms with Crippen LogP contribution in [0.1, 0.15) is 12.8 Å². The summed E-state index contributed by atoms with van der Waals surface area (Å²) in [5.74, 6) is 1.69. The minimum atomic E-state index is 0.431. The van der Waals surface area contributed by atoms with Crippen molar-refractivity contribution in [1.82, 2.24) is 4.90 Å². The molecule has 4 nitrogen and oxygen atoms in total. The number of ether oxygens (including phenoxy) is 2. The Morgan fingerprint density at radius 1 is 1.25 bits per heavy atom. The lowest BCUT2D eigenvalue weighted by molar-refractivity contribution is 0.179. The predicted molar refractivity (Wildman–Crippen MR) is 82.5 cm³/mol. The van der Waals surface area contributed by atoms with E-state index in [1.807, 2.05) is 26.2 Å². The highest BCUT2D eigenvalue weighted by Crippen LogP contribution is 2.34. The Morgan fingerprint density at radius 3 is 2.50 bits per heavy atom. The van der Waals surface area contributed by atoms with Gasteiger partial charge in [0.2, 0.25) is 0 Å². The summed E-state index contributed by atoms with van der Waals surface area (Å²) >= 11 is 0. The normalized spacial score (nSPS) is 16.2. The summed E-state index contributed by atoms with van der Waals surface area (Å²) in [5, 5.41) is 3.55. The number of hydrogen-bond acceptors (Lipinski definition) is 4. The molecular weight excluding hydrogens is 252 g/mol. The van der Waals surface area contributed by atoms with Crippen molar-refractivity contribution in [2.24, 2.45) is 5.92 Å². The number of anilines is 1. The molecule has 0 aliphatic heterocycles. The quantitative estimate of drug-likeness (QED) is 0.752. The van der Waals surface area contributed by atoms with Crippen LogP contribution in [0, 0.1) is 5.92 Å². The van der Waals surface area contributed by atoms with Gasteiger partial charge in [0.15, 0.2) is 0 Å². The van der Waals surface area contributed by atoms with Crippen molar-refractivity contribution in [3.63, 3.8) is 0 Å². The first-order valence-electron chi connectivity index (χ1n) is 7.32. The molecule has 1 unspecified atom stereocenters. The molecule has 2 rings (SSSR count). The highest BCUT2D eigenvalue weighted by molar-refractivity contribution is 5.47. The zero-order chi connectivity index (χ0) is 14.4. The van der Waals surface area contributed by atoms with Gasteiger partial charge in [0.05, 0.1) is 12.6 Å². The minimum Gasteiger partial charge on any atom is -0.492 e. The number of hydrogen-bond donors (Lipinski definition) is 1. The number of likely N-dealkylation sites (N-methyl/N-ethyl adjacent to an activating group) is 1. The number of rotatable bonds is 9. The van der Waals surface area contributed by atoms with E-state index in [1.165, 1.54) is 12.8 Å². The van der Waals surface area contributed by atoms with E-state index in [-0.39, 0.29) is 0 Å². The molecule has 0 saturated heterocycles. The van der Waals surface area contributed by atoms with Crippen molar-refractivity contribution in [3.05, 3.63) is 24.3 Å². The molecule has 0 heterocycles. The van der Waals surface area contributed by atoms with Crippen molar-refractivity contribution in [3.8, 4) is 5.75 Å². The molecule has 1 aliphatic carbocycles. The molecule has 0 radical (unpaired) electrons. The molecule has 1 atom stereocenters. The topological polar surface area (TPSA) is 33.7 Å². The van der Waals surface area contributed by atoms with Crippen LogP contribution in [0.5, 0.6) is 5.75 Å². The van der Waals surface area contributed by atoms with Gasteiger partial charge in [-0.1, -0.05) is 0 Å². The fourth-order valence-electron chi connectivity index (χ4n) is 2.18. The number of nitrogens with zero attached hydrogens (tertiary/aromatic N) is 1. The van der Waals surface area contributed by atoms with Crippen LogP contribution >= 0.6 is 0 Å². The molecule has 0 spiro atoms. The first-order chi connectivity index (χ1) is 9.69. The second-order valence-corrected chi connectivity index (χ2v) is 5.72. The number of nitrogens with one attached hydrogen (secondary N) is 1. The van der Waals surface area contributed by atoms with E-state index >= 15 is 0 Å². The maximum atomic E-state index is 5.69. The molecule has 0 bridgehead atoms. The lowest BCUT2D eigenvalue weighted by Crippen LogP contribution is -2.27. The zero-order valence-corrected chi connectivity index (χ0v) is 12.8. The molecule has 20 heavy (non-hydrogen) atoms. The maximum Gasteiger partial charge on any atom is 0.119 e. The molecule has 1 fully saturated rings. The summed E-state index contributed by atoms with van der Waals surface area (Å²) in [6, 6.07) is 8.63. The molecule has 4 heteroatoms. The lowest BCUT2D eigenvalue weighted by Gasteiger charge is -2.19. The van der Waals surface area contributed by atoms with Gasteiger partial charge in [-0.05, 0) is 57.1 Å². The van der Waals surface area contributed by atoms with Gasteiger partial charge in [-0.25, -0.2) is 0 Å². The van der Waals surface area contributed by atoms with Crippen LogP contribution in [-0.4, -0.2) is 51.9 Å². The average molecular weight is 278 g/mol.